The molecule has 0 saturated carbocycles. The molecule has 0 amide bonds. The minimum Gasteiger partial charge on any atom is -0.497 e. The number of rotatable bonds is 7. The fourth-order valence-electron chi connectivity index (χ4n) is 2.51. The molecule has 0 aliphatic rings. The normalized spacial score (nSPS) is 11.5. The standard InChI is InChI=1S/C19H19ClN2O3S2/c1-13-18(26-19(22-13)14-3-5-15(20)6-4-14)11-12-21-27(23,24)17-9-7-16(25-2)8-10-17/h3-10,21H,11-12H2,1-2H3. The van der Waals surface area contributed by atoms with Gasteiger partial charge in [-0.1, -0.05) is 23.7 Å². The Morgan fingerprint density at radius 1 is 1.11 bits per heavy atom. The second-order valence-corrected chi connectivity index (χ2v) is 9.14. The van der Waals surface area contributed by atoms with E-state index in [0.29, 0.717) is 23.7 Å². The van der Waals surface area contributed by atoms with Gasteiger partial charge in [0, 0.05) is 22.0 Å². The fourth-order valence-corrected chi connectivity index (χ4v) is 4.74. The van der Waals surface area contributed by atoms with E-state index in [2.05, 4.69) is 9.71 Å². The maximum absolute atomic E-state index is 12.4. The van der Waals surface area contributed by atoms with Crippen LogP contribution in [0.4, 0.5) is 0 Å². The molecule has 0 saturated heterocycles. The lowest BCUT2D eigenvalue weighted by atomic mass is 10.2. The van der Waals surface area contributed by atoms with Gasteiger partial charge in [0.25, 0.3) is 0 Å². The third-order valence-electron chi connectivity index (χ3n) is 4.00. The zero-order valence-corrected chi connectivity index (χ0v) is 17.3. The molecule has 27 heavy (non-hydrogen) atoms. The number of hydrogen-bond donors (Lipinski definition) is 1. The van der Waals surface area contributed by atoms with E-state index in [1.165, 1.54) is 19.2 Å². The maximum Gasteiger partial charge on any atom is 0.240 e. The third kappa shape index (κ3) is 4.87. The van der Waals surface area contributed by atoms with E-state index in [4.69, 9.17) is 16.3 Å². The monoisotopic (exact) mass is 422 g/mol. The Bertz CT molecular complexity index is 1010. The average molecular weight is 423 g/mol. The number of sulfonamides is 1. The number of aromatic nitrogens is 1. The second kappa shape index (κ2) is 8.39. The van der Waals surface area contributed by atoms with Gasteiger partial charge in [0.05, 0.1) is 17.7 Å². The van der Waals surface area contributed by atoms with Crippen molar-refractivity contribution in [1.29, 1.82) is 0 Å². The number of thiazole rings is 1. The Morgan fingerprint density at radius 3 is 2.41 bits per heavy atom. The van der Waals surface area contributed by atoms with Gasteiger partial charge in [0.15, 0.2) is 0 Å². The summed E-state index contributed by atoms with van der Waals surface area (Å²) in [4.78, 5) is 5.85. The minimum absolute atomic E-state index is 0.214. The number of halogens is 1. The SMILES string of the molecule is COc1ccc(S(=O)(=O)NCCc2sc(-c3ccc(Cl)cc3)nc2C)cc1. The molecule has 1 N–H and O–H groups in total. The molecule has 142 valence electrons. The highest BCUT2D eigenvalue weighted by molar-refractivity contribution is 7.89. The van der Waals surface area contributed by atoms with Crippen molar-refractivity contribution in [3.63, 3.8) is 0 Å². The number of hydrogen-bond acceptors (Lipinski definition) is 5. The Balaban J connectivity index is 1.65. The summed E-state index contributed by atoms with van der Waals surface area (Å²) in [7, 11) is -2.02. The van der Waals surface area contributed by atoms with Gasteiger partial charge in [0.2, 0.25) is 10.0 Å². The third-order valence-corrected chi connectivity index (χ3v) is 6.99. The van der Waals surface area contributed by atoms with Crippen LogP contribution in [-0.4, -0.2) is 27.1 Å². The summed E-state index contributed by atoms with van der Waals surface area (Å²) < 4.78 is 32.5. The molecule has 1 heterocycles. The van der Waals surface area contributed by atoms with Crippen LogP contribution in [0.15, 0.2) is 53.4 Å². The van der Waals surface area contributed by atoms with Gasteiger partial charge in [-0.05, 0) is 49.7 Å². The van der Waals surface area contributed by atoms with Crippen LogP contribution in [0.5, 0.6) is 5.75 Å². The lowest BCUT2D eigenvalue weighted by Crippen LogP contribution is -2.25. The van der Waals surface area contributed by atoms with Crippen LogP contribution in [0.3, 0.4) is 0 Å². The van der Waals surface area contributed by atoms with Crippen molar-refractivity contribution >= 4 is 33.0 Å². The summed E-state index contributed by atoms with van der Waals surface area (Å²) >= 11 is 7.49. The summed E-state index contributed by atoms with van der Waals surface area (Å²) in [6.07, 6.45) is 0.576. The smallest absolute Gasteiger partial charge is 0.240 e. The average Bonchev–Trinajstić information content (AvgIpc) is 3.03. The zero-order valence-electron chi connectivity index (χ0n) is 14.9. The summed E-state index contributed by atoms with van der Waals surface area (Å²) in [6, 6.07) is 13.8. The molecule has 1 aromatic heterocycles. The van der Waals surface area contributed by atoms with E-state index < -0.39 is 10.0 Å². The molecule has 8 heteroatoms. The van der Waals surface area contributed by atoms with Gasteiger partial charge in [-0.25, -0.2) is 18.1 Å². The van der Waals surface area contributed by atoms with Crippen molar-refractivity contribution in [3.05, 3.63) is 64.1 Å². The van der Waals surface area contributed by atoms with Gasteiger partial charge < -0.3 is 4.74 Å². The van der Waals surface area contributed by atoms with Crippen LogP contribution in [-0.2, 0) is 16.4 Å². The quantitative estimate of drug-likeness (QED) is 0.616. The van der Waals surface area contributed by atoms with E-state index >= 15 is 0 Å². The molecule has 0 aliphatic heterocycles. The first-order valence-electron chi connectivity index (χ1n) is 8.25. The molecule has 0 unspecified atom stereocenters. The topological polar surface area (TPSA) is 68.3 Å². The number of aryl methyl sites for hydroxylation is 1. The van der Waals surface area contributed by atoms with Crippen LogP contribution in [0.25, 0.3) is 10.6 Å². The van der Waals surface area contributed by atoms with E-state index in [0.717, 1.165) is 21.1 Å². The molecule has 0 radical (unpaired) electrons. The van der Waals surface area contributed by atoms with Crippen molar-refractivity contribution in [2.24, 2.45) is 0 Å². The lowest BCUT2D eigenvalue weighted by Gasteiger charge is -2.07. The van der Waals surface area contributed by atoms with Crippen LogP contribution < -0.4 is 9.46 Å². The molecule has 2 aromatic carbocycles. The first kappa shape index (κ1) is 19.8. The summed E-state index contributed by atoms with van der Waals surface area (Å²) in [5.41, 5.74) is 1.91. The van der Waals surface area contributed by atoms with E-state index in [1.807, 2.05) is 31.2 Å². The molecule has 0 atom stereocenters. The van der Waals surface area contributed by atoms with Gasteiger partial charge in [-0.15, -0.1) is 11.3 Å². The molecule has 5 nitrogen and oxygen atoms in total. The highest BCUT2D eigenvalue weighted by Gasteiger charge is 2.15. The maximum atomic E-state index is 12.4. The van der Waals surface area contributed by atoms with Crippen LogP contribution in [0.1, 0.15) is 10.6 Å². The lowest BCUT2D eigenvalue weighted by molar-refractivity contribution is 0.414. The van der Waals surface area contributed by atoms with Crippen molar-refractivity contribution in [1.82, 2.24) is 9.71 Å². The minimum atomic E-state index is -3.55. The predicted octanol–water partition coefficient (Wildman–Crippen LogP) is 4.30. The number of nitrogens with zero attached hydrogens (tertiary/aromatic N) is 1. The molecule has 0 bridgehead atoms. The molecule has 0 spiro atoms. The first-order chi connectivity index (χ1) is 12.9. The van der Waals surface area contributed by atoms with Gasteiger partial charge in [-0.2, -0.15) is 0 Å². The molecule has 0 aliphatic carbocycles. The Kier molecular flexibility index (Phi) is 6.16. The highest BCUT2D eigenvalue weighted by atomic mass is 35.5. The number of ether oxygens (including phenoxy) is 1. The van der Waals surface area contributed by atoms with Crippen LogP contribution >= 0.6 is 22.9 Å². The molecular formula is C19H19ClN2O3S2. The number of nitrogens with one attached hydrogen (secondary N) is 1. The van der Waals surface area contributed by atoms with Crippen molar-refractivity contribution in [2.75, 3.05) is 13.7 Å². The predicted molar refractivity (Wildman–Crippen MR) is 109 cm³/mol. The summed E-state index contributed by atoms with van der Waals surface area (Å²) in [5, 5.41) is 1.58. The molecular weight excluding hydrogens is 404 g/mol. The largest absolute Gasteiger partial charge is 0.497 e. The first-order valence-corrected chi connectivity index (χ1v) is 10.9. The van der Waals surface area contributed by atoms with Crippen molar-refractivity contribution < 1.29 is 13.2 Å². The van der Waals surface area contributed by atoms with Gasteiger partial charge >= 0.3 is 0 Å². The molecule has 0 fully saturated rings. The van der Waals surface area contributed by atoms with Crippen LogP contribution in [0, 0.1) is 6.92 Å². The van der Waals surface area contributed by atoms with Crippen molar-refractivity contribution in [3.8, 4) is 16.3 Å². The zero-order chi connectivity index (χ0) is 19.4. The summed E-state index contributed by atoms with van der Waals surface area (Å²) in [6.45, 7) is 2.24. The Labute approximate surface area is 168 Å². The van der Waals surface area contributed by atoms with Crippen LogP contribution in [0.2, 0.25) is 5.02 Å². The summed E-state index contributed by atoms with van der Waals surface area (Å²) in [5.74, 6) is 0.615. The number of methoxy groups -OCH3 is 1. The number of benzene rings is 2. The van der Waals surface area contributed by atoms with E-state index in [9.17, 15) is 8.42 Å². The fraction of sp³-hybridized carbons (Fsp3) is 0.211. The van der Waals surface area contributed by atoms with Crippen molar-refractivity contribution in [2.45, 2.75) is 18.2 Å². The Hall–Kier alpha value is -1.93. The molecule has 3 aromatic rings. The Morgan fingerprint density at radius 2 is 1.78 bits per heavy atom. The van der Waals surface area contributed by atoms with E-state index in [1.54, 1.807) is 23.5 Å². The highest BCUT2D eigenvalue weighted by Crippen LogP contribution is 2.29. The van der Waals surface area contributed by atoms with Gasteiger partial charge in [-0.3, -0.25) is 0 Å². The second-order valence-electron chi connectivity index (χ2n) is 5.86. The molecule has 3 rings (SSSR count). The van der Waals surface area contributed by atoms with E-state index in [-0.39, 0.29) is 4.90 Å². The van der Waals surface area contributed by atoms with Gasteiger partial charge in [0.1, 0.15) is 10.8 Å².